The van der Waals surface area contributed by atoms with Crippen LogP contribution in [0, 0.1) is 33.8 Å². The van der Waals surface area contributed by atoms with Crippen molar-refractivity contribution in [2.75, 3.05) is 39.3 Å². The summed E-state index contributed by atoms with van der Waals surface area (Å²) in [4.78, 5) is 40.5. The number of hydrogen-bond donors (Lipinski definition) is 2. The number of carbonyl (C=O) groups is 2. The Hall–Kier alpha value is -2.58. The van der Waals surface area contributed by atoms with Gasteiger partial charge >= 0.3 is 0 Å². The number of likely N-dealkylation sites (tertiary alicyclic amines) is 1. The summed E-state index contributed by atoms with van der Waals surface area (Å²) in [6.45, 7) is 6.30. The number of non-ortho nitro benzene ring substituents is 1. The zero-order valence-electron chi connectivity index (χ0n) is 17.0. The molecule has 1 aromatic rings. The molecule has 0 unspecified atom stereocenters. The number of nitrogens with one attached hydrogen (secondary N) is 2. The first-order valence-corrected chi connectivity index (χ1v) is 11.0. The number of allylic oxidation sites excluding steroid dienone is 2. The normalized spacial score (nSPS) is 34.6. The standard InChI is InChI=1S/C22H26N4O4/c27-21-19-16-3-4-17(13-16)20(19)22(28)25(21)12-11-23-7-9-24(10-8-23)14-15-1-5-18(6-2-15)26(29)30/h1-6,16-17,19-20H,7-14H2/p+2/t16-,17+,19-,20-/m0/s1. The van der Waals surface area contributed by atoms with Gasteiger partial charge in [0.1, 0.15) is 32.7 Å². The lowest BCUT2D eigenvalue weighted by molar-refractivity contribution is -1.02. The smallest absolute Gasteiger partial charge is 0.269 e. The molecule has 0 radical (unpaired) electrons. The first-order valence-electron chi connectivity index (χ1n) is 11.0. The van der Waals surface area contributed by atoms with E-state index in [2.05, 4.69) is 12.2 Å². The molecule has 2 aliphatic heterocycles. The minimum Gasteiger partial charge on any atom is -0.324 e. The number of piperazine rings is 1. The predicted molar refractivity (Wildman–Crippen MR) is 107 cm³/mol. The van der Waals surface area contributed by atoms with Gasteiger partial charge in [0, 0.05) is 17.7 Å². The molecule has 0 aromatic heterocycles. The van der Waals surface area contributed by atoms with Gasteiger partial charge in [-0.25, -0.2) is 0 Å². The molecule has 3 fully saturated rings. The Balaban J connectivity index is 1.09. The van der Waals surface area contributed by atoms with Gasteiger partial charge in [0.15, 0.2) is 0 Å². The van der Waals surface area contributed by atoms with Crippen molar-refractivity contribution in [1.82, 2.24) is 4.90 Å². The third-order valence-corrected chi connectivity index (χ3v) is 7.52. The van der Waals surface area contributed by atoms with Gasteiger partial charge in [0.2, 0.25) is 11.8 Å². The Labute approximate surface area is 175 Å². The monoisotopic (exact) mass is 412 g/mol. The van der Waals surface area contributed by atoms with Crippen LogP contribution < -0.4 is 9.80 Å². The lowest BCUT2D eigenvalue weighted by Gasteiger charge is -2.30. The molecule has 2 N–H and O–H groups in total. The summed E-state index contributed by atoms with van der Waals surface area (Å²) in [5.74, 6) is 0.490. The highest BCUT2D eigenvalue weighted by Crippen LogP contribution is 2.52. The minimum absolute atomic E-state index is 0.0590. The van der Waals surface area contributed by atoms with Crippen molar-refractivity contribution < 1.29 is 24.3 Å². The minimum atomic E-state index is -0.372. The fourth-order valence-corrected chi connectivity index (χ4v) is 5.86. The number of hydrogen-bond acceptors (Lipinski definition) is 4. The van der Waals surface area contributed by atoms with Crippen molar-refractivity contribution in [3.05, 3.63) is 52.1 Å². The summed E-state index contributed by atoms with van der Waals surface area (Å²) in [5.41, 5.74) is 1.24. The van der Waals surface area contributed by atoms with Crippen molar-refractivity contribution in [2.24, 2.45) is 23.7 Å². The highest BCUT2D eigenvalue weighted by atomic mass is 16.6. The van der Waals surface area contributed by atoms with Crippen LogP contribution in [0.5, 0.6) is 0 Å². The van der Waals surface area contributed by atoms with E-state index in [0.717, 1.165) is 51.3 Å². The molecular weight excluding hydrogens is 384 g/mol. The van der Waals surface area contributed by atoms with Crippen molar-refractivity contribution in [3.8, 4) is 0 Å². The van der Waals surface area contributed by atoms with Gasteiger partial charge in [0.25, 0.3) is 5.69 Å². The Morgan fingerprint density at radius 2 is 1.50 bits per heavy atom. The number of nitro groups is 1. The van der Waals surface area contributed by atoms with Crippen molar-refractivity contribution in [3.63, 3.8) is 0 Å². The van der Waals surface area contributed by atoms with E-state index in [9.17, 15) is 19.7 Å². The van der Waals surface area contributed by atoms with E-state index in [1.165, 1.54) is 9.80 Å². The molecule has 2 bridgehead atoms. The molecule has 4 aliphatic rings. The van der Waals surface area contributed by atoms with Gasteiger partial charge in [0.05, 0.1) is 29.8 Å². The Morgan fingerprint density at radius 3 is 2.07 bits per heavy atom. The van der Waals surface area contributed by atoms with Crippen LogP contribution in [0.25, 0.3) is 0 Å². The molecule has 4 atom stereocenters. The summed E-state index contributed by atoms with van der Waals surface area (Å²) in [6, 6.07) is 6.82. The molecule has 1 aromatic carbocycles. The lowest BCUT2D eigenvalue weighted by atomic mass is 9.85. The van der Waals surface area contributed by atoms with E-state index in [0.29, 0.717) is 6.54 Å². The predicted octanol–water partition coefficient (Wildman–Crippen LogP) is -1.31. The molecule has 30 heavy (non-hydrogen) atoms. The van der Waals surface area contributed by atoms with Gasteiger partial charge in [-0.2, -0.15) is 0 Å². The van der Waals surface area contributed by atoms with E-state index in [-0.39, 0.29) is 46.1 Å². The van der Waals surface area contributed by atoms with Gasteiger partial charge in [-0.15, -0.1) is 0 Å². The third kappa shape index (κ3) is 3.33. The molecule has 8 heteroatoms. The van der Waals surface area contributed by atoms with E-state index >= 15 is 0 Å². The molecule has 5 rings (SSSR count). The number of rotatable bonds is 6. The number of fused-ring (bicyclic) bond motifs is 5. The maximum absolute atomic E-state index is 12.8. The van der Waals surface area contributed by atoms with Gasteiger partial charge in [-0.3, -0.25) is 24.6 Å². The largest absolute Gasteiger partial charge is 0.324 e. The van der Waals surface area contributed by atoms with E-state index in [4.69, 9.17) is 0 Å². The summed E-state index contributed by atoms with van der Waals surface area (Å²) < 4.78 is 0. The average molecular weight is 412 g/mol. The first-order chi connectivity index (χ1) is 14.5. The average Bonchev–Trinajstić information content (AvgIpc) is 3.42. The fraction of sp³-hybridized carbons (Fsp3) is 0.545. The maximum atomic E-state index is 12.8. The Morgan fingerprint density at radius 1 is 0.933 bits per heavy atom. The van der Waals surface area contributed by atoms with Crippen LogP contribution in [0.1, 0.15) is 12.0 Å². The fourth-order valence-electron chi connectivity index (χ4n) is 5.86. The molecule has 8 nitrogen and oxygen atoms in total. The number of amides is 2. The molecule has 2 amide bonds. The quantitative estimate of drug-likeness (QED) is 0.263. The highest BCUT2D eigenvalue weighted by Gasteiger charge is 2.59. The van der Waals surface area contributed by atoms with Crippen LogP contribution in [0.4, 0.5) is 5.69 Å². The van der Waals surface area contributed by atoms with E-state index < -0.39 is 0 Å². The van der Waals surface area contributed by atoms with Crippen LogP contribution in [0.3, 0.4) is 0 Å². The SMILES string of the molecule is O=C1[C@@H]2[C@@H](C(=O)N1CC[NH+]1CC[NH+](Cc3ccc([N+](=O)[O-])cc3)CC1)[C@H]1C=C[C@@H]2C1. The Kier molecular flexibility index (Phi) is 4.91. The van der Waals surface area contributed by atoms with Gasteiger partial charge in [-0.1, -0.05) is 12.2 Å². The number of benzene rings is 1. The van der Waals surface area contributed by atoms with Crippen LogP contribution >= 0.6 is 0 Å². The second kappa shape index (κ2) is 7.59. The van der Waals surface area contributed by atoms with Crippen LogP contribution in [0.15, 0.2) is 36.4 Å². The van der Waals surface area contributed by atoms with E-state index in [1.807, 2.05) is 12.1 Å². The molecule has 0 spiro atoms. The number of nitro benzene ring substituents is 1. The topological polar surface area (TPSA) is 89.4 Å². The molecule has 2 heterocycles. The maximum Gasteiger partial charge on any atom is 0.269 e. The summed E-state index contributed by atoms with van der Waals surface area (Å²) >= 11 is 0. The number of imide groups is 1. The van der Waals surface area contributed by atoms with Gasteiger partial charge < -0.3 is 9.80 Å². The Bertz CT molecular complexity index is 861. The number of nitrogens with zero attached hydrogens (tertiary/aromatic N) is 2. The van der Waals surface area contributed by atoms with Gasteiger partial charge in [-0.05, 0) is 30.4 Å². The lowest BCUT2D eigenvalue weighted by Crippen LogP contribution is -3.27. The molecule has 2 saturated heterocycles. The number of quaternary nitrogens is 2. The summed E-state index contributed by atoms with van der Waals surface area (Å²) in [5, 5.41) is 10.8. The van der Waals surface area contributed by atoms with Crippen LogP contribution in [0.2, 0.25) is 0 Å². The zero-order valence-corrected chi connectivity index (χ0v) is 17.0. The summed E-state index contributed by atoms with van der Waals surface area (Å²) in [7, 11) is 0. The van der Waals surface area contributed by atoms with Crippen molar-refractivity contribution in [1.29, 1.82) is 0 Å². The summed E-state index contributed by atoms with van der Waals surface area (Å²) in [6.07, 6.45) is 5.25. The number of carbonyl (C=O) groups excluding carboxylic acids is 2. The second-order valence-corrected chi connectivity index (χ2v) is 9.18. The molecular formula is C22H28N4O4+2. The molecule has 1 saturated carbocycles. The highest BCUT2D eigenvalue weighted by molar-refractivity contribution is 6.06. The van der Waals surface area contributed by atoms with Crippen LogP contribution in [-0.4, -0.2) is 60.9 Å². The van der Waals surface area contributed by atoms with Crippen molar-refractivity contribution in [2.45, 2.75) is 13.0 Å². The third-order valence-electron chi connectivity index (χ3n) is 7.52. The van der Waals surface area contributed by atoms with Crippen molar-refractivity contribution >= 4 is 17.5 Å². The van der Waals surface area contributed by atoms with Crippen LogP contribution in [-0.2, 0) is 16.1 Å². The second-order valence-electron chi connectivity index (χ2n) is 9.18. The zero-order chi connectivity index (χ0) is 20.8. The molecule has 2 aliphatic carbocycles. The molecule has 158 valence electrons. The van der Waals surface area contributed by atoms with E-state index in [1.54, 1.807) is 17.0 Å². The first kappa shape index (κ1) is 19.4.